The molecule has 0 N–H and O–H groups in total. The maximum Gasteiger partial charge on any atom is 0.135 e. The van der Waals surface area contributed by atoms with Gasteiger partial charge in [0, 0.05) is 66.8 Å². The van der Waals surface area contributed by atoms with Crippen LogP contribution in [0.1, 0.15) is 95.9 Å². The van der Waals surface area contributed by atoms with Gasteiger partial charge in [-0.05, 0) is 86.5 Å². The van der Waals surface area contributed by atoms with E-state index in [2.05, 4.69) is 241 Å². The number of nitrogens with zero attached hydrogens (tertiary/aromatic N) is 4. The van der Waals surface area contributed by atoms with Gasteiger partial charge in [0.15, 0.2) is 0 Å². The van der Waals surface area contributed by atoms with E-state index >= 15 is 0 Å². The molecule has 0 radical (unpaired) electrons. The largest absolute Gasteiger partial charge is 0.509 e. The number of pyridine rings is 1. The summed E-state index contributed by atoms with van der Waals surface area (Å²) in [5, 5.41) is 5.28. The van der Waals surface area contributed by atoms with E-state index < -0.39 is 16.1 Å². The van der Waals surface area contributed by atoms with Crippen molar-refractivity contribution in [2.24, 2.45) is 0 Å². The van der Waals surface area contributed by atoms with E-state index in [1.165, 1.54) is 68.7 Å². The molecule has 1 aliphatic carbocycles. The molecule has 0 atom stereocenters. The van der Waals surface area contributed by atoms with Gasteiger partial charge in [-0.15, -0.1) is 53.6 Å². The third-order valence-corrected chi connectivity index (χ3v) is 18.8. The zero-order valence-corrected chi connectivity index (χ0v) is 47.6. The molecule has 1 aliphatic heterocycles. The van der Waals surface area contributed by atoms with E-state index in [-0.39, 0.29) is 37.3 Å². The van der Waals surface area contributed by atoms with Gasteiger partial charge in [0.1, 0.15) is 5.82 Å². The smallest absolute Gasteiger partial charge is 0.135 e. The fourth-order valence-electron chi connectivity index (χ4n) is 10.9. The summed E-state index contributed by atoms with van der Waals surface area (Å²) in [6.07, 6.45) is 7.98. The first-order chi connectivity index (χ1) is 32.7. The summed E-state index contributed by atoms with van der Waals surface area (Å²) >= 11 is 0. The molecule has 6 aromatic carbocycles. The van der Waals surface area contributed by atoms with Crippen LogP contribution in [-0.2, 0) is 37.3 Å². The SMILES string of the molecule is CC(C)(C)c1cc(Oc2[c-]c3c(cc2)c2cc(C(C)(C)C)ccc2n3-c2cc(C3(c4ccccc4)CCCCC3)ccn2)[c-]c(N2[CH-]N(c3c([Si](C)(C)C)cccc3[Si](C)(C)C)c3ccccc32)c1.[Pt]. The zero-order chi connectivity index (χ0) is 48.7. The van der Waals surface area contributed by atoms with Crippen molar-refractivity contribution >= 4 is 71.1 Å². The predicted octanol–water partition coefficient (Wildman–Crippen LogP) is 15.9. The fourth-order valence-corrected chi connectivity index (χ4v) is 14.2. The maximum atomic E-state index is 7.02. The van der Waals surface area contributed by atoms with Crippen LogP contribution in [0.4, 0.5) is 22.7 Å². The Kier molecular flexibility index (Phi) is 13.1. The average molecular weight is 1140 g/mol. The number of hydrogen-bond donors (Lipinski definition) is 0. The Hall–Kier alpha value is -5.21. The molecule has 0 saturated heterocycles. The number of hydrogen-bond acceptors (Lipinski definition) is 4. The Morgan fingerprint density at radius 2 is 1.23 bits per heavy atom. The van der Waals surface area contributed by atoms with Crippen molar-refractivity contribution in [3.05, 3.63) is 175 Å². The van der Waals surface area contributed by atoms with Crippen molar-refractivity contribution in [1.82, 2.24) is 9.55 Å². The van der Waals surface area contributed by atoms with Crippen LogP contribution in [0.25, 0.3) is 27.6 Å². The molecule has 1 saturated carbocycles. The van der Waals surface area contributed by atoms with Crippen LogP contribution in [0.15, 0.2) is 134 Å². The van der Waals surface area contributed by atoms with Crippen LogP contribution in [0.3, 0.4) is 0 Å². The molecule has 10 rings (SSSR count). The average Bonchev–Trinajstić information content (AvgIpc) is 3.86. The number of para-hydroxylation sites is 3. The molecule has 0 spiro atoms. The fraction of sp³-hybridized carbons (Fsp3) is 0.323. The van der Waals surface area contributed by atoms with Crippen LogP contribution in [-0.4, -0.2) is 25.7 Å². The molecule has 364 valence electrons. The van der Waals surface area contributed by atoms with E-state index in [1.807, 2.05) is 6.20 Å². The van der Waals surface area contributed by atoms with Crippen molar-refractivity contribution in [3.63, 3.8) is 0 Å². The van der Waals surface area contributed by atoms with Gasteiger partial charge in [0.2, 0.25) is 0 Å². The van der Waals surface area contributed by atoms with Gasteiger partial charge in [0.25, 0.3) is 0 Å². The minimum Gasteiger partial charge on any atom is -0.509 e. The van der Waals surface area contributed by atoms with Crippen LogP contribution in [0.5, 0.6) is 11.5 Å². The van der Waals surface area contributed by atoms with Gasteiger partial charge in [-0.2, -0.15) is 6.07 Å². The first kappa shape index (κ1) is 49.8. The normalized spacial score (nSPS) is 15.3. The number of rotatable bonds is 9. The molecule has 70 heavy (non-hydrogen) atoms. The van der Waals surface area contributed by atoms with E-state index in [0.29, 0.717) is 11.5 Å². The number of fused-ring (bicyclic) bond motifs is 4. The third kappa shape index (κ3) is 9.16. The number of anilines is 4. The summed E-state index contributed by atoms with van der Waals surface area (Å²) in [5.74, 6) is 2.19. The minimum atomic E-state index is -1.76. The predicted molar refractivity (Wildman–Crippen MR) is 298 cm³/mol. The summed E-state index contributed by atoms with van der Waals surface area (Å²) < 4.78 is 9.33. The Balaban J connectivity index is 0.00000608. The molecular weight excluding hydrogens is 1070 g/mol. The summed E-state index contributed by atoms with van der Waals surface area (Å²) in [6.45, 7) is 30.8. The van der Waals surface area contributed by atoms with Crippen molar-refractivity contribution in [1.29, 1.82) is 0 Å². The molecule has 0 amide bonds. The van der Waals surface area contributed by atoms with Gasteiger partial charge in [-0.25, -0.2) is 4.98 Å². The molecule has 0 unspecified atom stereocenters. The second-order valence-electron chi connectivity index (χ2n) is 23.8. The Morgan fingerprint density at radius 1 is 0.586 bits per heavy atom. The molecule has 5 nitrogen and oxygen atoms in total. The van der Waals surface area contributed by atoms with Crippen molar-refractivity contribution in [3.8, 4) is 17.3 Å². The van der Waals surface area contributed by atoms with Crippen LogP contribution in [0.2, 0.25) is 39.3 Å². The first-order valence-corrected chi connectivity index (χ1v) is 32.2. The summed E-state index contributed by atoms with van der Waals surface area (Å²) in [6, 6.07) is 54.9. The molecule has 8 heteroatoms. The number of aromatic nitrogens is 2. The quantitative estimate of drug-likeness (QED) is 0.107. The monoisotopic (exact) mass is 1140 g/mol. The van der Waals surface area contributed by atoms with Crippen LogP contribution in [0, 0.1) is 18.8 Å². The number of ether oxygens (including phenoxy) is 1. The summed E-state index contributed by atoms with van der Waals surface area (Å²) in [5.41, 5.74) is 11.6. The third-order valence-electron chi connectivity index (χ3n) is 14.8. The Labute approximate surface area is 434 Å². The molecule has 2 aliphatic rings. The molecular formula is C62H69N4OPtSi2-3. The van der Waals surface area contributed by atoms with Gasteiger partial charge < -0.3 is 19.1 Å². The van der Waals surface area contributed by atoms with Gasteiger partial charge in [0.05, 0.1) is 16.1 Å². The van der Waals surface area contributed by atoms with E-state index in [1.54, 1.807) is 0 Å². The Morgan fingerprint density at radius 3 is 1.87 bits per heavy atom. The van der Waals surface area contributed by atoms with Crippen LogP contribution >= 0.6 is 0 Å². The van der Waals surface area contributed by atoms with Gasteiger partial charge >= 0.3 is 0 Å². The Bertz CT molecular complexity index is 3180. The molecule has 8 aromatic rings. The first-order valence-electron chi connectivity index (χ1n) is 25.2. The summed E-state index contributed by atoms with van der Waals surface area (Å²) in [4.78, 5) is 9.94. The summed E-state index contributed by atoms with van der Waals surface area (Å²) in [7, 11) is -3.51. The number of benzene rings is 6. The van der Waals surface area contributed by atoms with Crippen LogP contribution < -0.4 is 24.9 Å². The zero-order valence-electron chi connectivity index (χ0n) is 43.3. The molecule has 0 bridgehead atoms. The molecule has 1 fully saturated rings. The molecule has 3 heterocycles. The van der Waals surface area contributed by atoms with E-state index in [4.69, 9.17) is 9.72 Å². The molecule has 2 aromatic heterocycles. The van der Waals surface area contributed by atoms with E-state index in [0.717, 1.165) is 46.5 Å². The van der Waals surface area contributed by atoms with Gasteiger partial charge in [-0.1, -0.05) is 178 Å². The second kappa shape index (κ2) is 18.4. The van der Waals surface area contributed by atoms with Crippen molar-refractivity contribution < 1.29 is 25.8 Å². The van der Waals surface area contributed by atoms with Crippen molar-refractivity contribution in [2.45, 2.75) is 129 Å². The maximum absolute atomic E-state index is 7.02. The second-order valence-corrected chi connectivity index (χ2v) is 33.9. The van der Waals surface area contributed by atoms with Crippen molar-refractivity contribution in [2.75, 3.05) is 9.80 Å². The van der Waals surface area contributed by atoms with E-state index in [9.17, 15) is 0 Å². The minimum absolute atomic E-state index is 0. The standard InChI is InChI=1S/C62H69N4OSi2.Pt/c1-60(2,3)44-28-31-52-51(38-44)50-30-29-48(41-55(50)66(52)58-39-45(32-35-63-58)62(33-19-14-20-34-62)43-22-15-13-16-23-43)67-49-37-46(61(4,5)6)36-47(40-49)64-42-65(54-25-18-17-24-53(54)64)59-56(68(7,8)9)26-21-27-57(59)69(10,11)12;/h13,15-18,21-32,35-39,42H,14,19-20,33-34H2,1-12H3;/q-3;. The topological polar surface area (TPSA) is 33.5 Å². The van der Waals surface area contributed by atoms with Gasteiger partial charge in [-0.3, -0.25) is 0 Å².